The summed E-state index contributed by atoms with van der Waals surface area (Å²) in [6, 6.07) is 8.14. The SMILES string of the molecule is Cc1cncc(C(N)c2cccc3c2OCCC3)c1. The number of benzene rings is 1. The van der Waals surface area contributed by atoms with Crippen molar-refractivity contribution in [1.29, 1.82) is 0 Å². The zero-order valence-electron chi connectivity index (χ0n) is 11.1. The molecule has 1 atom stereocenters. The number of nitrogens with zero attached hydrogens (tertiary/aromatic N) is 1. The van der Waals surface area contributed by atoms with Gasteiger partial charge in [0.05, 0.1) is 12.6 Å². The zero-order valence-corrected chi connectivity index (χ0v) is 11.1. The molecular weight excluding hydrogens is 236 g/mol. The van der Waals surface area contributed by atoms with Crippen molar-refractivity contribution in [3.8, 4) is 5.75 Å². The molecule has 2 N–H and O–H groups in total. The van der Waals surface area contributed by atoms with Crippen LogP contribution in [0, 0.1) is 6.92 Å². The second kappa shape index (κ2) is 5.02. The number of nitrogens with two attached hydrogens (primary N) is 1. The molecule has 0 radical (unpaired) electrons. The van der Waals surface area contributed by atoms with Crippen molar-refractivity contribution >= 4 is 0 Å². The van der Waals surface area contributed by atoms with Crippen LogP contribution in [0.1, 0.15) is 34.7 Å². The number of hydrogen-bond acceptors (Lipinski definition) is 3. The topological polar surface area (TPSA) is 48.1 Å². The number of aromatic nitrogens is 1. The van der Waals surface area contributed by atoms with Gasteiger partial charge in [0.2, 0.25) is 0 Å². The maximum Gasteiger partial charge on any atom is 0.127 e. The highest BCUT2D eigenvalue weighted by atomic mass is 16.5. The third kappa shape index (κ3) is 2.34. The lowest BCUT2D eigenvalue weighted by Crippen LogP contribution is -2.17. The van der Waals surface area contributed by atoms with Crippen molar-refractivity contribution in [2.75, 3.05) is 6.61 Å². The lowest BCUT2D eigenvalue weighted by molar-refractivity contribution is 0.284. The van der Waals surface area contributed by atoms with Gasteiger partial charge in [0.25, 0.3) is 0 Å². The van der Waals surface area contributed by atoms with Crippen molar-refractivity contribution in [2.45, 2.75) is 25.8 Å². The number of rotatable bonds is 2. The van der Waals surface area contributed by atoms with Gasteiger partial charge in [0.15, 0.2) is 0 Å². The number of para-hydroxylation sites is 1. The van der Waals surface area contributed by atoms with Crippen LogP contribution < -0.4 is 10.5 Å². The monoisotopic (exact) mass is 254 g/mol. The molecule has 2 aromatic rings. The largest absolute Gasteiger partial charge is 0.493 e. The van der Waals surface area contributed by atoms with Crippen molar-refractivity contribution in [3.05, 3.63) is 58.9 Å². The summed E-state index contributed by atoms with van der Waals surface area (Å²) in [4.78, 5) is 4.22. The molecule has 1 unspecified atom stereocenters. The van der Waals surface area contributed by atoms with Gasteiger partial charge in [0, 0.05) is 18.0 Å². The van der Waals surface area contributed by atoms with Crippen LogP contribution in [-0.2, 0) is 6.42 Å². The molecular formula is C16H18N2O. The number of aryl methyl sites for hydroxylation is 2. The number of pyridine rings is 1. The third-order valence-corrected chi connectivity index (χ3v) is 3.55. The fourth-order valence-electron chi connectivity index (χ4n) is 2.59. The van der Waals surface area contributed by atoms with Crippen LogP contribution in [0.5, 0.6) is 5.75 Å². The molecule has 0 amide bonds. The van der Waals surface area contributed by atoms with E-state index in [2.05, 4.69) is 29.2 Å². The first-order valence-corrected chi connectivity index (χ1v) is 6.67. The Morgan fingerprint density at radius 2 is 2.21 bits per heavy atom. The van der Waals surface area contributed by atoms with Crippen LogP contribution in [-0.4, -0.2) is 11.6 Å². The minimum Gasteiger partial charge on any atom is -0.493 e. The lowest BCUT2D eigenvalue weighted by atomic mass is 9.94. The fraction of sp³-hybridized carbons (Fsp3) is 0.312. The van der Waals surface area contributed by atoms with E-state index in [1.807, 2.05) is 19.3 Å². The Balaban J connectivity index is 2.02. The smallest absolute Gasteiger partial charge is 0.127 e. The molecule has 1 aliphatic heterocycles. The molecule has 0 aliphatic carbocycles. The molecule has 0 fully saturated rings. The van der Waals surface area contributed by atoms with Crippen LogP contribution in [0.4, 0.5) is 0 Å². The van der Waals surface area contributed by atoms with E-state index < -0.39 is 0 Å². The average Bonchev–Trinajstić information content (AvgIpc) is 2.46. The van der Waals surface area contributed by atoms with E-state index in [4.69, 9.17) is 10.5 Å². The molecule has 0 bridgehead atoms. The van der Waals surface area contributed by atoms with E-state index in [9.17, 15) is 0 Å². The molecule has 0 spiro atoms. The van der Waals surface area contributed by atoms with Gasteiger partial charge in [-0.25, -0.2) is 0 Å². The number of fused-ring (bicyclic) bond motifs is 1. The van der Waals surface area contributed by atoms with Crippen molar-refractivity contribution in [2.24, 2.45) is 5.73 Å². The summed E-state index contributed by atoms with van der Waals surface area (Å²) in [7, 11) is 0. The first-order valence-electron chi connectivity index (χ1n) is 6.67. The summed E-state index contributed by atoms with van der Waals surface area (Å²) in [6.45, 7) is 2.81. The van der Waals surface area contributed by atoms with E-state index in [-0.39, 0.29) is 6.04 Å². The van der Waals surface area contributed by atoms with E-state index in [1.165, 1.54) is 5.56 Å². The maximum absolute atomic E-state index is 6.39. The second-order valence-corrected chi connectivity index (χ2v) is 5.06. The predicted molar refractivity (Wildman–Crippen MR) is 75.3 cm³/mol. The minimum absolute atomic E-state index is 0.180. The maximum atomic E-state index is 6.39. The molecule has 0 saturated heterocycles. The molecule has 19 heavy (non-hydrogen) atoms. The van der Waals surface area contributed by atoms with Gasteiger partial charge in [0.1, 0.15) is 5.75 Å². The first kappa shape index (κ1) is 12.2. The highest BCUT2D eigenvalue weighted by molar-refractivity contribution is 5.47. The highest BCUT2D eigenvalue weighted by Crippen LogP contribution is 2.34. The van der Waals surface area contributed by atoms with E-state index in [1.54, 1.807) is 0 Å². The molecule has 1 aromatic heterocycles. The molecule has 3 heteroatoms. The Hall–Kier alpha value is -1.87. The second-order valence-electron chi connectivity index (χ2n) is 5.06. The van der Waals surface area contributed by atoms with E-state index >= 15 is 0 Å². The summed E-state index contributed by atoms with van der Waals surface area (Å²) >= 11 is 0. The van der Waals surface area contributed by atoms with Crippen LogP contribution in [0.2, 0.25) is 0 Å². The van der Waals surface area contributed by atoms with E-state index in [0.717, 1.165) is 41.9 Å². The summed E-state index contributed by atoms with van der Waals surface area (Å²) in [5.41, 5.74) is 10.9. The van der Waals surface area contributed by atoms with E-state index in [0.29, 0.717) is 0 Å². The quantitative estimate of drug-likeness (QED) is 0.896. The van der Waals surface area contributed by atoms with Crippen molar-refractivity contribution in [1.82, 2.24) is 4.98 Å². The predicted octanol–water partition coefficient (Wildman–Crippen LogP) is 2.76. The average molecular weight is 254 g/mol. The Morgan fingerprint density at radius 1 is 1.32 bits per heavy atom. The molecule has 1 aromatic carbocycles. The van der Waals surface area contributed by atoms with Crippen molar-refractivity contribution in [3.63, 3.8) is 0 Å². The Bertz CT molecular complexity index is 595. The zero-order chi connectivity index (χ0) is 13.2. The van der Waals surface area contributed by atoms with Crippen molar-refractivity contribution < 1.29 is 4.74 Å². The molecule has 3 nitrogen and oxygen atoms in total. The number of hydrogen-bond donors (Lipinski definition) is 1. The molecule has 3 rings (SSSR count). The van der Waals surface area contributed by atoms with Gasteiger partial charge in [-0.15, -0.1) is 0 Å². The van der Waals surface area contributed by atoms with Crippen LogP contribution in [0.3, 0.4) is 0 Å². The third-order valence-electron chi connectivity index (χ3n) is 3.55. The Labute approximate surface area is 113 Å². The van der Waals surface area contributed by atoms with Gasteiger partial charge >= 0.3 is 0 Å². The van der Waals surface area contributed by atoms with Gasteiger partial charge in [-0.1, -0.05) is 24.3 Å². The molecule has 0 saturated carbocycles. The van der Waals surface area contributed by atoms with Gasteiger partial charge in [-0.05, 0) is 36.5 Å². The summed E-state index contributed by atoms with van der Waals surface area (Å²) < 4.78 is 5.83. The molecule has 1 aliphatic rings. The summed E-state index contributed by atoms with van der Waals surface area (Å²) in [5, 5.41) is 0. The number of ether oxygens (including phenoxy) is 1. The fourth-order valence-corrected chi connectivity index (χ4v) is 2.59. The van der Waals surface area contributed by atoms with Gasteiger partial charge < -0.3 is 10.5 Å². The Kier molecular flexibility index (Phi) is 3.22. The van der Waals surface area contributed by atoms with Gasteiger partial charge in [-0.2, -0.15) is 0 Å². The van der Waals surface area contributed by atoms with Crippen LogP contribution in [0.15, 0.2) is 36.7 Å². The first-order chi connectivity index (χ1) is 9.25. The van der Waals surface area contributed by atoms with Gasteiger partial charge in [-0.3, -0.25) is 4.98 Å². The normalized spacial score (nSPS) is 15.5. The lowest BCUT2D eigenvalue weighted by Gasteiger charge is -2.23. The van der Waals surface area contributed by atoms with Crippen LogP contribution in [0.25, 0.3) is 0 Å². The Morgan fingerprint density at radius 3 is 3.05 bits per heavy atom. The molecule has 2 heterocycles. The van der Waals surface area contributed by atoms with Crippen LogP contribution >= 0.6 is 0 Å². The highest BCUT2D eigenvalue weighted by Gasteiger charge is 2.19. The minimum atomic E-state index is -0.180. The summed E-state index contributed by atoms with van der Waals surface area (Å²) in [6.07, 6.45) is 5.83. The molecule has 98 valence electrons. The standard InChI is InChI=1S/C16H18N2O/c1-11-8-13(10-18-9-11)15(17)14-6-2-4-12-5-3-7-19-16(12)14/h2,4,6,8-10,15H,3,5,7,17H2,1H3. The summed E-state index contributed by atoms with van der Waals surface area (Å²) in [5.74, 6) is 0.975.